The molecule has 0 amide bonds. The van der Waals surface area contributed by atoms with Gasteiger partial charge in [0.05, 0.1) is 25.0 Å². The fourth-order valence-corrected chi connectivity index (χ4v) is 3.08. The molecule has 0 aliphatic heterocycles. The van der Waals surface area contributed by atoms with Crippen molar-refractivity contribution in [1.82, 2.24) is 0 Å². The van der Waals surface area contributed by atoms with Crippen LogP contribution in [-0.4, -0.2) is 22.6 Å². The molecule has 0 saturated carbocycles. The summed E-state index contributed by atoms with van der Waals surface area (Å²) in [7, 11) is 4.57. The molecule has 0 saturated heterocycles. The number of rotatable bonds is 5. The second-order valence-corrected chi connectivity index (χ2v) is 6.78. The van der Waals surface area contributed by atoms with Gasteiger partial charge in [-0.2, -0.15) is 0 Å². The molecule has 0 unspecified atom stereocenters. The van der Waals surface area contributed by atoms with Crippen molar-refractivity contribution in [2.45, 2.75) is 19.1 Å². The molecule has 0 bridgehead atoms. The summed E-state index contributed by atoms with van der Waals surface area (Å²) in [4.78, 5) is 0. The van der Waals surface area contributed by atoms with Crippen molar-refractivity contribution >= 4 is 31.3 Å². The highest BCUT2D eigenvalue weighted by atomic mass is 35.7. The Balaban J connectivity index is 3.49. The highest BCUT2D eigenvalue weighted by molar-refractivity contribution is 8.13. The van der Waals surface area contributed by atoms with Crippen LogP contribution in [0.25, 0.3) is 0 Å². The minimum Gasteiger partial charge on any atom is -0.493 e. The Bertz CT molecular complexity index is 540. The molecule has 0 aromatic heterocycles. The SMILES string of the molecule is CCc1c(CS(=O)(=O)Cl)cc(Cl)c(OC)c1OC. The molecule has 0 atom stereocenters. The predicted molar refractivity (Wildman–Crippen MR) is 72.4 cm³/mol. The van der Waals surface area contributed by atoms with E-state index in [0.717, 1.165) is 5.56 Å². The van der Waals surface area contributed by atoms with Crippen LogP contribution in [0.15, 0.2) is 6.07 Å². The molecule has 4 nitrogen and oxygen atoms in total. The zero-order chi connectivity index (χ0) is 13.9. The van der Waals surface area contributed by atoms with Crippen molar-refractivity contribution in [2.24, 2.45) is 0 Å². The normalized spacial score (nSPS) is 11.4. The molecule has 18 heavy (non-hydrogen) atoms. The second-order valence-electron chi connectivity index (χ2n) is 3.60. The lowest BCUT2D eigenvalue weighted by atomic mass is 10.0. The lowest BCUT2D eigenvalue weighted by Crippen LogP contribution is -2.04. The van der Waals surface area contributed by atoms with Gasteiger partial charge in [0.2, 0.25) is 9.05 Å². The van der Waals surface area contributed by atoms with Crippen LogP contribution in [0.5, 0.6) is 11.5 Å². The zero-order valence-electron chi connectivity index (χ0n) is 10.3. The highest BCUT2D eigenvalue weighted by Crippen LogP contribution is 2.41. The minimum atomic E-state index is -3.65. The van der Waals surface area contributed by atoms with E-state index in [0.29, 0.717) is 28.5 Å². The Morgan fingerprint density at radius 2 is 1.78 bits per heavy atom. The summed E-state index contributed by atoms with van der Waals surface area (Å²) < 4.78 is 32.8. The van der Waals surface area contributed by atoms with Gasteiger partial charge in [-0.15, -0.1) is 0 Å². The Morgan fingerprint density at radius 3 is 2.17 bits per heavy atom. The number of halogens is 2. The minimum absolute atomic E-state index is 0.293. The third kappa shape index (κ3) is 3.43. The van der Waals surface area contributed by atoms with Gasteiger partial charge in [-0.25, -0.2) is 8.42 Å². The first-order valence-corrected chi connectivity index (χ1v) is 8.04. The summed E-state index contributed by atoms with van der Waals surface area (Å²) in [6.45, 7) is 1.88. The van der Waals surface area contributed by atoms with Crippen molar-refractivity contribution in [3.63, 3.8) is 0 Å². The van der Waals surface area contributed by atoms with Gasteiger partial charge < -0.3 is 9.47 Å². The topological polar surface area (TPSA) is 52.6 Å². The Kier molecular flexibility index (Phi) is 5.13. The Morgan fingerprint density at radius 1 is 1.22 bits per heavy atom. The molecule has 0 N–H and O–H groups in total. The summed E-state index contributed by atoms with van der Waals surface area (Å²) in [5.41, 5.74) is 1.25. The molecule has 1 aromatic rings. The van der Waals surface area contributed by atoms with E-state index in [-0.39, 0.29) is 5.75 Å². The van der Waals surface area contributed by atoms with Crippen LogP contribution in [0.4, 0.5) is 0 Å². The molecule has 0 spiro atoms. The van der Waals surface area contributed by atoms with Crippen LogP contribution in [0, 0.1) is 0 Å². The number of ether oxygens (including phenoxy) is 2. The molecule has 1 rings (SSSR count). The van der Waals surface area contributed by atoms with Crippen LogP contribution in [0.2, 0.25) is 5.02 Å². The highest BCUT2D eigenvalue weighted by Gasteiger charge is 2.20. The van der Waals surface area contributed by atoms with Crippen LogP contribution in [0.1, 0.15) is 18.1 Å². The average Bonchev–Trinajstić information content (AvgIpc) is 2.25. The van der Waals surface area contributed by atoms with Gasteiger partial charge in [-0.1, -0.05) is 18.5 Å². The fraction of sp³-hybridized carbons (Fsp3) is 0.455. The molecular formula is C11H14Cl2O4S. The van der Waals surface area contributed by atoms with Crippen molar-refractivity contribution in [1.29, 1.82) is 0 Å². The third-order valence-corrected chi connectivity index (χ3v) is 3.74. The van der Waals surface area contributed by atoms with E-state index in [1.54, 1.807) is 6.07 Å². The summed E-state index contributed by atoms with van der Waals surface area (Å²) in [6.07, 6.45) is 0.582. The van der Waals surface area contributed by atoms with E-state index in [2.05, 4.69) is 0 Å². The zero-order valence-corrected chi connectivity index (χ0v) is 12.6. The number of methoxy groups -OCH3 is 2. The lowest BCUT2D eigenvalue weighted by Gasteiger charge is -2.16. The van der Waals surface area contributed by atoms with E-state index in [1.165, 1.54) is 14.2 Å². The summed E-state index contributed by atoms with van der Waals surface area (Å²) in [5.74, 6) is 0.548. The molecule has 0 radical (unpaired) electrons. The van der Waals surface area contributed by atoms with Gasteiger partial charge in [0.25, 0.3) is 0 Å². The first-order valence-electron chi connectivity index (χ1n) is 5.18. The predicted octanol–water partition coefficient (Wildman–Crippen LogP) is 2.99. The van der Waals surface area contributed by atoms with Gasteiger partial charge in [-0.3, -0.25) is 0 Å². The van der Waals surface area contributed by atoms with Crippen LogP contribution < -0.4 is 9.47 Å². The summed E-state index contributed by atoms with van der Waals surface area (Å²) >= 11 is 6.03. The lowest BCUT2D eigenvalue weighted by molar-refractivity contribution is 0.351. The number of hydrogen-bond acceptors (Lipinski definition) is 4. The maximum Gasteiger partial charge on any atom is 0.236 e. The molecule has 7 heteroatoms. The number of benzene rings is 1. The van der Waals surface area contributed by atoms with Crippen LogP contribution >= 0.6 is 22.3 Å². The van der Waals surface area contributed by atoms with E-state index < -0.39 is 9.05 Å². The molecule has 0 heterocycles. The van der Waals surface area contributed by atoms with Crippen LogP contribution in [-0.2, 0) is 21.2 Å². The van der Waals surface area contributed by atoms with Gasteiger partial charge in [0.15, 0.2) is 11.5 Å². The molecule has 102 valence electrons. The van der Waals surface area contributed by atoms with Gasteiger partial charge >= 0.3 is 0 Å². The quantitative estimate of drug-likeness (QED) is 0.784. The molecule has 0 fully saturated rings. The summed E-state index contributed by atoms with van der Waals surface area (Å²) in [5, 5.41) is 0.293. The first kappa shape index (κ1) is 15.4. The monoisotopic (exact) mass is 312 g/mol. The second kappa shape index (κ2) is 5.99. The van der Waals surface area contributed by atoms with E-state index in [4.69, 9.17) is 31.8 Å². The third-order valence-electron chi connectivity index (χ3n) is 2.48. The molecule has 1 aromatic carbocycles. The van der Waals surface area contributed by atoms with E-state index in [1.807, 2.05) is 6.92 Å². The summed E-state index contributed by atoms with van der Waals surface area (Å²) in [6, 6.07) is 1.54. The standard InChI is InChI=1S/C11H14Cl2O4S/c1-4-8-7(6-18(13,14)15)5-9(12)11(17-3)10(8)16-2/h5H,4,6H2,1-3H3. The van der Waals surface area contributed by atoms with Gasteiger partial charge in [0.1, 0.15) is 0 Å². The maximum absolute atomic E-state index is 11.2. The smallest absolute Gasteiger partial charge is 0.236 e. The largest absolute Gasteiger partial charge is 0.493 e. The fourth-order valence-electron chi connectivity index (χ4n) is 1.81. The van der Waals surface area contributed by atoms with Gasteiger partial charge in [0, 0.05) is 16.2 Å². The van der Waals surface area contributed by atoms with Crippen LogP contribution in [0.3, 0.4) is 0 Å². The molecule has 0 aliphatic carbocycles. The van der Waals surface area contributed by atoms with Crippen molar-refractivity contribution in [3.8, 4) is 11.5 Å². The van der Waals surface area contributed by atoms with Crippen molar-refractivity contribution in [2.75, 3.05) is 14.2 Å². The van der Waals surface area contributed by atoms with E-state index >= 15 is 0 Å². The molecule has 0 aliphatic rings. The number of hydrogen-bond donors (Lipinski definition) is 0. The van der Waals surface area contributed by atoms with Gasteiger partial charge in [-0.05, 0) is 18.1 Å². The first-order chi connectivity index (χ1) is 8.34. The van der Waals surface area contributed by atoms with Crippen molar-refractivity contribution in [3.05, 3.63) is 22.2 Å². The maximum atomic E-state index is 11.2. The van der Waals surface area contributed by atoms with E-state index in [9.17, 15) is 8.42 Å². The average molecular weight is 313 g/mol. The Hall–Kier alpha value is -0.650. The molecular weight excluding hydrogens is 299 g/mol. The Labute approximate surface area is 116 Å². The van der Waals surface area contributed by atoms with Crippen molar-refractivity contribution < 1.29 is 17.9 Å².